The summed E-state index contributed by atoms with van der Waals surface area (Å²) >= 11 is 0. The highest BCUT2D eigenvalue weighted by molar-refractivity contribution is 5.77. The lowest BCUT2D eigenvalue weighted by molar-refractivity contribution is 0.00392. The van der Waals surface area contributed by atoms with E-state index in [4.69, 9.17) is 5.11 Å². The predicted octanol–water partition coefficient (Wildman–Crippen LogP) is 0.415. The van der Waals surface area contributed by atoms with Gasteiger partial charge in [0.25, 0.3) is 0 Å². The first-order chi connectivity index (χ1) is 7.60. The number of carbonyl (C=O) groups is 1. The number of hydrogen-bond donors (Lipinski definition) is 3. The summed E-state index contributed by atoms with van der Waals surface area (Å²) in [6, 6.07) is 3.32. The number of halogens is 1. The van der Waals surface area contributed by atoms with Gasteiger partial charge in [-0.15, -0.1) is 0 Å². The first-order valence-corrected chi connectivity index (χ1v) is 4.81. The summed E-state index contributed by atoms with van der Waals surface area (Å²) in [5, 5.41) is 27.7. The topological polar surface area (TPSA) is 77.8 Å². The number of aliphatic hydroxyl groups is 3. The van der Waals surface area contributed by atoms with Crippen LogP contribution in [-0.4, -0.2) is 34.3 Å². The van der Waals surface area contributed by atoms with Crippen molar-refractivity contribution < 1.29 is 24.5 Å². The number of hydrogen-bond acceptors (Lipinski definition) is 4. The second kappa shape index (κ2) is 5.69. The molecule has 1 aromatic carbocycles. The Balaban J connectivity index is 2.98. The SMILES string of the molecule is O=Cc1cc(F)ccc1C(O)C(O)CCO. The van der Waals surface area contributed by atoms with Crippen molar-refractivity contribution in [2.24, 2.45) is 0 Å². The minimum absolute atomic E-state index is 0.00973. The van der Waals surface area contributed by atoms with Crippen LogP contribution in [0.2, 0.25) is 0 Å². The summed E-state index contributed by atoms with van der Waals surface area (Å²) in [6.07, 6.45) is -2.11. The van der Waals surface area contributed by atoms with Crippen LogP contribution in [0, 0.1) is 5.82 Å². The van der Waals surface area contributed by atoms with Crippen LogP contribution in [0.25, 0.3) is 0 Å². The van der Waals surface area contributed by atoms with Gasteiger partial charge in [-0.1, -0.05) is 6.07 Å². The van der Waals surface area contributed by atoms with Gasteiger partial charge in [0.15, 0.2) is 6.29 Å². The molecule has 0 bridgehead atoms. The Hall–Kier alpha value is -1.30. The van der Waals surface area contributed by atoms with Crippen molar-refractivity contribution in [2.75, 3.05) is 6.61 Å². The van der Waals surface area contributed by atoms with Gasteiger partial charge in [-0.25, -0.2) is 4.39 Å². The van der Waals surface area contributed by atoms with E-state index < -0.39 is 18.0 Å². The van der Waals surface area contributed by atoms with Crippen LogP contribution in [0.3, 0.4) is 0 Å². The molecule has 0 fully saturated rings. The third-order valence-corrected chi connectivity index (χ3v) is 2.28. The molecule has 0 aliphatic rings. The smallest absolute Gasteiger partial charge is 0.150 e. The van der Waals surface area contributed by atoms with Gasteiger partial charge in [-0.05, 0) is 24.1 Å². The Bertz CT molecular complexity index is 367. The number of carbonyl (C=O) groups excluding carboxylic acids is 1. The molecule has 0 saturated heterocycles. The molecule has 2 unspecified atom stereocenters. The Labute approximate surface area is 92.0 Å². The molecular formula is C11H13FO4. The van der Waals surface area contributed by atoms with Crippen molar-refractivity contribution in [3.05, 3.63) is 35.1 Å². The zero-order valence-corrected chi connectivity index (χ0v) is 8.51. The van der Waals surface area contributed by atoms with Gasteiger partial charge >= 0.3 is 0 Å². The van der Waals surface area contributed by atoms with Gasteiger partial charge < -0.3 is 15.3 Å². The van der Waals surface area contributed by atoms with Crippen molar-refractivity contribution in [3.8, 4) is 0 Å². The van der Waals surface area contributed by atoms with E-state index in [1.165, 1.54) is 6.07 Å². The number of aliphatic hydroxyl groups excluding tert-OH is 3. The first kappa shape index (κ1) is 12.8. The van der Waals surface area contributed by atoms with Crippen molar-refractivity contribution in [2.45, 2.75) is 18.6 Å². The molecule has 0 aromatic heterocycles. The molecule has 3 N–H and O–H groups in total. The van der Waals surface area contributed by atoms with E-state index in [2.05, 4.69) is 0 Å². The van der Waals surface area contributed by atoms with E-state index in [-0.39, 0.29) is 24.2 Å². The van der Waals surface area contributed by atoms with Gasteiger partial charge in [0.1, 0.15) is 11.9 Å². The maximum absolute atomic E-state index is 12.8. The lowest BCUT2D eigenvalue weighted by Crippen LogP contribution is -2.20. The van der Waals surface area contributed by atoms with Crippen LogP contribution in [0.1, 0.15) is 28.4 Å². The average Bonchev–Trinajstić information content (AvgIpc) is 2.28. The van der Waals surface area contributed by atoms with E-state index in [1.54, 1.807) is 0 Å². The highest BCUT2D eigenvalue weighted by Crippen LogP contribution is 2.22. The Kier molecular flexibility index (Phi) is 4.54. The van der Waals surface area contributed by atoms with E-state index in [0.717, 1.165) is 12.1 Å². The van der Waals surface area contributed by atoms with Crippen molar-refractivity contribution in [1.29, 1.82) is 0 Å². The molecule has 16 heavy (non-hydrogen) atoms. The van der Waals surface area contributed by atoms with Gasteiger partial charge in [0.2, 0.25) is 0 Å². The second-order valence-electron chi connectivity index (χ2n) is 3.42. The summed E-state index contributed by atoms with van der Waals surface area (Å²) in [5.41, 5.74) is 0.141. The third-order valence-electron chi connectivity index (χ3n) is 2.28. The van der Waals surface area contributed by atoms with Gasteiger partial charge in [0.05, 0.1) is 6.10 Å². The molecule has 0 aliphatic carbocycles. The number of benzene rings is 1. The Morgan fingerprint density at radius 2 is 2.06 bits per heavy atom. The summed E-state index contributed by atoms with van der Waals surface area (Å²) in [7, 11) is 0. The van der Waals surface area contributed by atoms with Gasteiger partial charge in [-0.2, -0.15) is 0 Å². The molecule has 0 heterocycles. The van der Waals surface area contributed by atoms with Crippen LogP contribution in [0.4, 0.5) is 4.39 Å². The maximum Gasteiger partial charge on any atom is 0.150 e. The molecule has 0 amide bonds. The Morgan fingerprint density at radius 1 is 1.38 bits per heavy atom. The van der Waals surface area contributed by atoms with Crippen LogP contribution in [0.15, 0.2) is 18.2 Å². The van der Waals surface area contributed by atoms with Crippen LogP contribution >= 0.6 is 0 Å². The van der Waals surface area contributed by atoms with E-state index in [1.807, 2.05) is 0 Å². The van der Waals surface area contributed by atoms with E-state index in [9.17, 15) is 19.4 Å². The largest absolute Gasteiger partial charge is 0.396 e. The van der Waals surface area contributed by atoms with Crippen LogP contribution < -0.4 is 0 Å². The predicted molar refractivity (Wildman–Crippen MR) is 54.5 cm³/mol. The second-order valence-corrected chi connectivity index (χ2v) is 3.42. The molecule has 5 heteroatoms. The van der Waals surface area contributed by atoms with E-state index >= 15 is 0 Å². The molecule has 4 nitrogen and oxygen atoms in total. The average molecular weight is 228 g/mol. The highest BCUT2D eigenvalue weighted by Gasteiger charge is 2.20. The monoisotopic (exact) mass is 228 g/mol. The van der Waals surface area contributed by atoms with E-state index in [0.29, 0.717) is 6.29 Å². The molecule has 1 rings (SSSR count). The molecule has 0 spiro atoms. The van der Waals surface area contributed by atoms with Crippen LogP contribution in [-0.2, 0) is 0 Å². The van der Waals surface area contributed by atoms with Gasteiger partial charge in [-0.3, -0.25) is 4.79 Å². The molecule has 0 radical (unpaired) electrons. The van der Waals surface area contributed by atoms with Crippen molar-refractivity contribution in [3.63, 3.8) is 0 Å². The molecule has 0 saturated carbocycles. The Morgan fingerprint density at radius 3 is 2.62 bits per heavy atom. The normalized spacial score (nSPS) is 14.5. The fourth-order valence-corrected chi connectivity index (χ4v) is 1.41. The minimum Gasteiger partial charge on any atom is -0.396 e. The fraction of sp³-hybridized carbons (Fsp3) is 0.364. The minimum atomic E-state index is -1.31. The molecule has 0 aliphatic heterocycles. The lowest BCUT2D eigenvalue weighted by atomic mass is 9.98. The standard InChI is InChI=1S/C11H13FO4/c12-8-1-2-9(7(5-8)6-14)11(16)10(15)3-4-13/h1-2,5-6,10-11,13,15-16H,3-4H2. The zero-order valence-electron chi connectivity index (χ0n) is 8.51. The number of aldehydes is 1. The fourth-order valence-electron chi connectivity index (χ4n) is 1.41. The summed E-state index contributed by atoms with van der Waals surface area (Å²) in [6.45, 7) is -0.282. The lowest BCUT2D eigenvalue weighted by Gasteiger charge is -2.18. The maximum atomic E-state index is 12.8. The molecular weight excluding hydrogens is 215 g/mol. The first-order valence-electron chi connectivity index (χ1n) is 4.81. The summed E-state index contributed by atoms with van der Waals surface area (Å²) < 4.78 is 12.8. The van der Waals surface area contributed by atoms with Crippen molar-refractivity contribution >= 4 is 6.29 Å². The molecule has 2 atom stereocenters. The van der Waals surface area contributed by atoms with Gasteiger partial charge in [0, 0.05) is 12.2 Å². The zero-order chi connectivity index (χ0) is 12.1. The van der Waals surface area contributed by atoms with Crippen molar-refractivity contribution in [1.82, 2.24) is 0 Å². The van der Waals surface area contributed by atoms with Crippen LogP contribution in [0.5, 0.6) is 0 Å². The molecule has 1 aromatic rings. The number of rotatable bonds is 5. The third kappa shape index (κ3) is 2.85. The highest BCUT2D eigenvalue weighted by atomic mass is 19.1. The molecule has 88 valence electrons. The summed E-state index contributed by atoms with van der Waals surface area (Å²) in [4.78, 5) is 10.7. The quantitative estimate of drug-likeness (QED) is 0.638. The summed E-state index contributed by atoms with van der Waals surface area (Å²) in [5.74, 6) is -0.588.